The Morgan fingerprint density at radius 1 is 1.08 bits per heavy atom. The minimum Gasteiger partial charge on any atom is -0.380 e. The summed E-state index contributed by atoms with van der Waals surface area (Å²) in [5.74, 6) is 0. The number of nitriles is 1. The lowest BCUT2D eigenvalue weighted by atomic mass is 10.0. The average molecular weight is 317 g/mol. The first-order valence-corrected chi connectivity index (χ1v) is 8.02. The van der Waals surface area contributed by atoms with Gasteiger partial charge in [-0.3, -0.25) is 0 Å². The number of benzene rings is 2. The van der Waals surface area contributed by atoms with Crippen LogP contribution in [0.1, 0.15) is 12.5 Å². The van der Waals surface area contributed by atoms with Gasteiger partial charge < -0.3 is 9.30 Å². The number of hydrogen-bond donors (Lipinski definition) is 0. The topological polar surface area (TPSA) is 50.8 Å². The van der Waals surface area contributed by atoms with Crippen LogP contribution in [0, 0.1) is 11.3 Å². The molecule has 0 amide bonds. The van der Waals surface area contributed by atoms with Crippen molar-refractivity contribution in [2.75, 3.05) is 13.2 Å². The lowest BCUT2D eigenvalue weighted by Crippen LogP contribution is -2.06. The molecular formula is C20H19N3O. The molecule has 120 valence electrons. The van der Waals surface area contributed by atoms with E-state index in [1.807, 2.05) is 67.8 Å². The van der Waals surface area contributed by atoms with Crippen LogP contribution in [-0.4, -0.2) is 22.8 Å². The number of imidazole rings is 1. The van der Waals surface area contributed by atoms with E-state index >= 15 is 0 Å². The smallest absolute Gasteiger partial charge is 0.0991 e. The Labute approximate surface area is 142 Å². The molecule has 0 N–H and O–H groups in total. The molecule has 0 bridgehead atoms. The zero-order valence-corrected chi connectivity index (χ0v) is 13.6. The minimum atomic E-state index is 0.631. The van der Waals surface area contributed by atoms with Gasteiger partial charge in [0.15, 0.2) is 0 Å². The fourth-order valence-electron chi connectivity index (χ4n) is 2.70. The Hall–Kier alpha value is -2.90. The first-order valence-electron chi connectivity index (χ1n) is 8.02. The van der Waals surface area contributed by atoms with Crippen molar-refractivity contribution in [2.45, 2.75) is 13.5 Å². The highest BCUT2D eigenvalue weighted by Gasteiger charge is 2.15. The quantitative estimate of drug-likeness (QED) is 0.642. The van der Waals surface area contributed by atoms with Crippen molar-refractivity contribution in [2.24, 2.45) is 0 Å². The Balaban J connectivity index is 2.09. The first kappa shape index (κ1) is 16.0. The molecule has 4 heteroatoms. The Morgan fingerprint density at radius 3 is 2.62 bits per heavy atom. The van der Waals surface area contributed by atoms with Crippen molar-refractivity contribution < 1.29 is 4.74 Å². The molecule has 0 fully saturated rings. The van der Waals surface area contributed by atoms with Crippen LogP contribution in [0.4, 0.5) is 0 Å². The average Bonchev–Trinajstić information content (AvgIpc) is 3.06. The molecule has 4 nitrogen and oxygen atoms in total. The zero-order valence-electron chi connectivity index (χ0n) is 13.6. The van der Waals surface area contributed by atoms with Crippen molar-refractivity contribution >= 4 is 0 Å². The van der Waals surface area contributed by atoms with E-state index < -0.39 is 0 Å². The summed E-state index contributed by atoms with van der Waals surface area (Å²) in [7, 11) is 0. The number of ether oxygens (including phenoxy) is 1. The van der Waals surface area contributed by atoms with Crippen molar-refractivity contribution in [3.63, 3.8) is 0 Å². The standard InChI is InChI=1S/C20H19N3O/c1-2-24-12-11-23-15-22-19(17-8-4-3-5-9-17)20(23)18-10-6-7-16(13-18)14-21/h3-10,13,15H,2,11-12H2,1H3. The fourth-order valence-corrected chi connectivity index (χ4v) is 2.70. The van der Waals surface area contributed by atoms with Crippen LogP contribution < -0.4 is 0 Å². The highest BCUT2D eigenvalue weighted by molar-refractivity contribution is 5.79. The van der Waals surface area contributed by atoms with Gasteiger partial charge in [0.25, 0.3) is 0 Å². The van der Waals surface area contributed by atoms with E-state index in [4.69, 9.17) is 4.74 Å². The normalized spacial score (nSPS) is 10.5. The molecule has 0 atom stereocenters. The van der Waals surface area contributed by atoms with Gasteiger partial charge in [0.05, 0.1) is 36.0 Å². The minimum absolute atomic E-state index is 0.631. The molecular weight excluding hydrogens is 298 g/mol. The van der Waals surface area contributed by atoms with Gasteiger partial charge >= 0.3 is 0 Å². The molecule has 0 saturated carbocycles. The summed E-state index contributed by atoms with van der Waals surface area (Å²) in [5.41, 5.74) is 4.62. The zero-order chi connectivity index (χ0) is 16.8. The molecule has 2 aromatic carbocycles. The van der Waals surface area contributed by atoms with Crippen LogP contribution in [0.15, 0.2) is 60.9 Å². The molecule has 0 aliphatic carbocycles. The summed E-state index contributed by atoms with van der Waals surface area (Å²) >= 11 is 0. The van der Waals surface area contributed by atoms with Gasteiger partial charge in [-0.05, 0) is 19.1 Å². The first-order chi connectivity index (χ1) is 11.8. The van der Waals surface area contributed by atoms with Gasteiger partial charge in [-0.2, -0.15) is 5.26 Å². The summed E-state index contributed by atoms with van der Waals surface area (Å²) in [5, 5.41) is 9.20. The van der Waals surface area contributed by atoms with Gasteiger partial charge in [-0.25, -0.2) is 4.98 Å². The molecule has 0 saturated heterocycles. The van der Waals surface area contributed by atoms with Crippen LogP contribution in [0.3, 0.4) is 0 Å². The maximum Gasteiger partial charge on any atom is 0.0991 e. The van der Waals surface area contributed by atoms with Crippen LogP contribution in [0.5, 0.6) is 0 Å². The third kappa shape index (κ3) is 3.37. The van der Waals surface area contributed by atoms with Gasteiger partial charge in [0, 0.05) is 24.3 Å². The lowest BCUT2D eigenvalue weighted by molar-refractivity contribution is 0.139. The van der Waals surface area contributed by atoms with E-state index in [2.05, 4.69) is 15.6 Å². The summed E-state index contributed by atoms with van der Waals surface area (Å²) in [4.78, 5) is 4.62. The number of rotatable bonds is 6. The predicted molar refractivity (Wildman–Crippen MR) is 94.3 cm³/mol. The summed E-state index contributed by atoms with van der Waals surface area (Å²) in [6.45, 7) is 4.03. The van der Waals surface area contributed by atoms with E-state index in [9.17, 15) is 5.26 Å². The van der Waals surface area contributed by atoms with Gasteiger partial charge in [-0.15, -0.1) is 0 Å². The van der Waals surface area contributed by atoms with Crippen LogP contribution in [0.2, 0.25) is 0 Å². The van der Waals surface area contributed by atoms with E-state index in [0.717, 1.165) is 29.1 Å². The van der Waals surface area contributed by atoms with E-state index in [-0.39, 0.29) is 0 Å². The van der Waals surface area contributed by atoms with Gasteiger partial charge in [0.2, 0.25) is 0 Å². The SMILES string of the molecule is CCOCCn1cnc(-c2ccccc2)c1-c1cccc(C#N)c1. The molecule has 1 aromatic heterocycles. The van der Waals surface area contributed by atoms with Crippen LogP contribution in [0.25, 0.3) is 22.5 Å². The number of nitrogens with zero attached hydrogens (tertiary/aromatic N) is 3. The van der Waals surface area contributed by atoms with Gasteiger partial charge in [0.1, 0.15) is 0 Å². The van der Waals surface area contributed by atoms with Crippen molar-refractivity contribution in [3.8, 4) is 28.6 Å². The molecule has 24 heavy (non-hydrogen) atoms. The third-order valence-electron chi connectivity index (χ3n) is 3.83. The predicted octanol–water partition coefficient (Wildman–Crippen LogP) is 4.13. The van der Waals surface area contributed by atoms with Crippen molar-refractivity contribution in [3.05, 3.63) is 66.5 Å². The molecule has 0 unspecified atom stereocenters. The second-order valence-electron chi connectivity index (χ2n) is 5.39. The second-order valence-corrected chi connectivity index (χ2v) is 5.39. The molecule has 3 aromatic rings. The fraction of sp³-hybridized carbons (Fsp3) is 0.200. The van der Waals surface area contributed by atoms with Crippen LogP contribution in [-0.2, 0) is 11.3 Å². The van der Waals surface area contributed by atoms with E-state index in [1.54, 1.807) is 0 Å². The largest absolute Gasteiger partial charge is 0.380 e. The van der Waals surface area contributed by atoms with Gasteiger partial charge in [-0.1, -0.05) is 42.5 Å². The number of hydrogen-bond acceptors (Lipinski definition) is 3. The molecule has 0 radical (unpaired) electrons. The van der Waals surface area contributed by atoms with Crippen molar-refractivity contribution in [1.29, 1.82) is 5.26 Å². The van der Waals surface area contributed by atoms with E-state index in [0.29, 0.717) is 18.8 Å². The number of aromatic nitrogens is 2. The second kappa shape index (κ2) is 7.58. The Kier molecular flexibility index (Phi) is 5.05. The molecule has 0 aliphatic rings. The maximum absolute atomic E-state index is 9.20. The van der Waals surface area contributed by atoms with Crippen molar-refractivity contribution in [1.82, 2.24) is 9.55 Å². The van der Waals surface area contributed by atoms with E-state index in [1.165, 1.54) is 0 Å². The Bertz CT molecular complexity index is 847. The molecule has 1 heterocycles. The highest BCUT2D eigenvalue weighted by atomic mass is 16.5. The molecule has 0 aliphatic heterocycles. The Morgan fingerprint density at radius 2 is 1.88 bits per heavy atom. The summed E-state index contributed by atoms with van der Waals surface area (Å²) < 4.78 is 7.58. The summed E-state index contributed by atoms with van der Waals surface area (Å²) in [6, 6.07) is 19.9. The van der Waals surface area contributed by atoms with Crippen LogP contribution >= 0.6 is 0 Å². The monoisotopic (exact) mass is 317 g/mol. The molecule has 0 spiro atoms. The lowest BCUT2D eigenvalue weighted by Gasteiger charge is -2.11. The highest BCUT2D eigenvalue weighted by Crippen LogP contribution is 2.31. The third-order valence-corrected chi connectivity index (χ3v) is 3.83. The summed E-state index contributed by atoms with van der Waals surface area (Å²) in [6.07, 6.45) is 1.84. The molecule has 3 rings (SSSR count). The maximum atomic E-state index is 9.20.